The first-order valence-electron chi connectivity index (χ1n) is 9.08. The fraction of sp³-hybridized carbons (Fsp3) is 0.600. The van der Waals surface area contributed by atoms with Crippen molar-refractivity contribution in [1.29, 1.82) is 0 Å². The molecule has 1 heterocycles. The molecule has 0 radical (unpaired) electrons. The van der Waals surface area contributed by atoms with Gasteiger partial charge in [0.2, 0.25) is 0 Å². The molecule has 6 nitrogen and oxygen atoms in total. The van der Waals surface area contributed by atoms with E-state index in [1.54, 1.807) is 4.90 Å². The van der Waals surface area contributed by atoms with Gasteiger partial charge in [0.25, 0.3) is 0 Å². The third kappa shape index (κ3) is 5.46. The van der Waals surface area contributed by atoms with Gasteiger partial charge in [-0.1, -0.05) is 30.3 Å². The molecule has 1 fully saturated rings. The van der Waals surface area contributed by atoms with Crippen molar-refractivity contribution in [2.45, 2.75) is 51.8 Å². The number of nitrogens with one attached hydrogen (secondary N) is 1. The van der Waals surface area contributed by atoms with Gasteiger partial charge in [0.05, 0.1) is 13.0 Å². The molecule has 1 saturated heterocycles. The number of amides is 1. The van der Waals surface area contributed by atoms with Gasteiger partial charge in [0, 0.05) is 25.2 Å². The van der Waals surface area contributed by atoms with E-state index in [1.807, 2.05) is 39.0 Å². The van der Waals surface area contributed by atoms with Crippen molar-refractivity contribution in [3.63, 3.8) is 0 Å². The number of carbonyl (C=O) groups is 2. The van der Waals surface area contributed by atoms with Gasteiger partial charge < -0.3 is 19.7 Å². The summed E-state index contributed by atoms with van der Waals surface area (Å²) >= 11 is 0. The van der Waals surface area contributed by atoms with Crippen LogP contribution in [0, 0.1) is 5.92 Å². The molecule has 0 saturated carbocycles. The number of esters is 1. The van der Waals surface area contributed by atoms with Gasteiger partial charge in [-0.3, -0.25) is 4.79 Å². The summed E-state index contributed by atoms with van der Waals surface area (Å²) in [6.07, 6.45) is 0.275. The predicted molar refractivity (Wildman–Crippen MR) is 99.7 cm³/mol. The van der Waals surface area contributed by atoms with E-state index in [-0.39, 0.29) is 24.1 Å². The summed E-state index contributed by atoms with van der Waals surface area (Å²) in [6.45, 7) is 8.40. The lowest BCUT2D eigenvalue weighted by atomic mass is 9.91. The van der Waals surface area contributed by atoms with Gasteiger partial charge >= 0.3 is 12.1 Å². The van der Waals surface area contributed by atoms with Crippen LogP contribution in [0.2, 0.25) is 0 Å². The maximum absolute atomic E-state index is 12.4. The molecule has 0 aromatic heterocycles. The number of piperidine rings is 1. The van der Waals surface area contributed by atoms with Crippen LogP contribution in [0.3, 0.4) is 0 Å². The van der Waals surface area contributed by atoms with Crippen molar-refractivity contribution in [1.82, 2.24) is 10.2 Å². The normalized spacial score (nSPS) is 21.8. The third-order valence-corrected chi connectivity index (χ3v) is 4.53. The molecule has 1 amide bonds. The molecule has 1 aliphatic heterocycles. The van der Waals surface area contributed by atoms with E-state index < -0.39 is 11.5 Å². The minimum atomic E-state index is -0.561. The highest BCUT2D eigenvalue weighted by Crippen LogP contribution is 2.24. The van der Waals surface area contributed by atoms with Crippen molar-refractivity contribution < 1.29 is 19.1 Å². The van der Waals surface area contributed by atoms with Crippen LogP contribution < -0.4 is 5.32 Å². The van der Waals surface area contributed by atoms with Gasteiger partial charge in [-0.05, 0) is 39.7 Å². The summed E-state index contributed by atoms with van der Waals surface area (Å²) in [5.41, 5.74) is 0.597. The van der Waals surface area contributed by atoms with Crippen molar-refractivity contribution >= 4 is 12.1 Å². The van der Waals surface area contributed by atoms with E-state index >= 15 is 0 Å². The van der Waals surface area contributed by atoms with Crippen molar-refractivity contribution in [3.8, 4) is 0 Å². The second-order valence-corrected chi connectivity index (χ2v) is 7.75. The minimum Gasteiger partial charge on any atom is -0.469 e. The Morgan fingerprint density at radius 2 is 1.88 bits per heavy atom. The molecule has 0 aliphatic carbocycles. The lowest BCUT2D eigenvalue weighted by Crippen LogP contribution is -2.55. The quantitative estimate of drug-likeness (QED) is 0.834. The summed E-state index contributed by atoms with van der Waals surface area (Å²) in [5, 5.41) is 3.53. The molecule has 1 aliphatic rings. The fourth-order valence-electron chi connectivity index (χ4n) is 3.19. The molecule has 3 atom stereocenters. The van der Waals surface area contributed by atoms with Crippen LogP contribution >= 0.6 is 0 Å². The Morgan fingerprint density at radius 1 is 1.23 bits per heavy atom. The van der Waals surface area contributed by atoms with E-state index in [9.17, 15) is 9.59 Å². The van der Waals surface area contributed by atoms with Crippen LogP contribution in [0.1, 0.15) is 45.7 Å². The smallest absolute Gasteiger partial charge is 0.410 e. The van der Waals surface area contributed by atoms with Crippen molar-refractivity contribution in [2.24, 2.45) is 5.92 Å². The first kappa shape index (κ1) is 20.2. The Balaban J connectivity index is 2.06. The topological polar surface area (TPSA) is 67.9 Å². The van der Waals surface area contributed by atoms with Gasteiger partial charge in [0.15, 0.2) is 0 Å². The van der Waals surface area contributed by atoms with Gasteiger partial charge in [0.1, 0.15) is 5.60 Å². The first-order chi connectivity index (χ1) is 12.2. The van der Waals surface area contributed by atoms with E-state index in [0.29, 0.717) is 19.5 Å². The SMILES string of the molecule is COC(=O)C1CN(C(=O)OC(C)(C)C)CCC1N[C@H](C)c1ccccc1. The Hall–Kier alpha value is -2.08. The highest BCUT2D eigenvalue weighted by molar-refractivity contribution is 5.75. The summed E-state index contributed by atoms with van der Waals surface area (Å²) in [4.78, 5) is 26.3. The highest BCUT2D eigenvalue weighted by atomic mass is 16.6. The van der Waals surface area contributed by atoms with Crippen LogP contribution in [0.5, 0.6) is 0 Å². The minimum absolute atomic E-state index is 0.0589. The number of ether oxygens (including phenoxy) is 2. The number of benzene rings is 1. The Bertz CT molecular complexity index is 612. The average Bonchev–Trinajstić information content (AvgIpc) is 2.60. The van der Waals surface area contributed by atoms with Crippen LogP contribution in [0.15, 0.2) is 30.3 Å². The Kier molecular flexibility index (Phi) is 6.64. The molecule has 1 aromatic rings. The summed E-state index contributed by atoms with van der Waals surface area (Å²) in [5.74, 6) is -0.733. The van der Waals surface area contributed by atoms with Crippen LogP contribution in [0.25, 0.3) is 0 Å². The molecular weight excluding hydrogens is 332 g/mol. The van der Waals surface area contributed by atoms with Crippen LogP contribution in [-0.2, 0) is 14.3 Å². The summed E-state index contributed by atoms with van der Waals surface area (Å²) < 4.78 is 10.4. The number of carbonyl (C=O) groups excluding carboxylic acids is 2. The largest absolute Gasteiger partial charge is 0.469 e. The van der Waals surface area contributed by atoms with Crippen molar-refractivity contribution in [3.05, 3.63) is 35.9 Å². The zero-order valence-corrected chi connectivity index (χ0v) is 16.3. The van der Waals surface area contributed by atoms with E-state index in [2.05, 4.69) is 24.4 Å². The van der Waals surface area contributed by atoms with Crippen molar-refractivity contribution in [2.75, 3.05) is 20.2 Å². The molecule has 2 rings (SSSR count). The van der Waals surface area contributed by atoms with Gasteiger partial charge in [-0.15, -0.1) is 0 Å². The fourth-order valence-corrected chi connectivity index (χ4v) is 3.19. The highest BCUT2D eigenvalue weighted by Gasteiger charge is 2.38. The molecule has 6 heteroatoms. The monoisotopic (exact) mass is 362 g/mol. The number of hydrogen-bond donors (Lipinski definition) is 1. The summed E-state index contributed by atoms with van der Waals surface area (Å²) in [6, 6.07) is 10.1. The van der Waals surface area contributed by atoms with Crippen LogP contribution in [-0.4, -0.2) is 48.8 Å². The zero-order valence-electron chi connectivity index (χ0n) is 16.3. The average molecular weight is 362 g/mol. The number of methoxy groups -OCH3 is 1. The number of likely N-dealkylation sites (tertiary alicyclic amines) is 1. The zero-order chi connectivity index (χ0) is 19.3. The molecule has 144 valence electrons. The molecule has 1 N–H and O–H groups in total. The lowest BCUT2D eigenvalue weighted by molar-refractivity contribution is -0.148. The Morgan fingerprint density at radius 3 is 2.46 bits per heavy atom. The molecule has 0 bridgehead atoms. The maximum atomic E-state index is 12.4. The second-order valence-electron chi connectivity index (χ2n) is 7.75. The summed E-state index contributed by atoms with van der Waals surface area (Å²) in [7, 11) is 1.38. The van der Waals surface area contributed by atoms with Crippen LogP contribution in [0.4, 0.5) is 4.79 Å². The molecule has 26 heavy (non-hydrogen) atoms. The van der Waals surface area contributed by atoms with E-state index in [1.165, 1.54) is 7.11 Å². The lowest BCUT2D eigenvalue weighted by Gasteiger charge is -2.39. The number of nitrogens with zero attached hydrogens (tertiary/aromatic N) is 1. The predicted octanol–water partition coefficient (Wildman–Crippen LogP) is 3.14. The number of rotatable bonds is 4. The standard InChI is InChI=1S/C20H30N2O4/c1-14(15-9-7-6-8-10-15)21-17-11-12-22(13-16(17)18(23)25-5)19(24)26-20(2,3)4/h6-10,14,16-17,21H,11-13H2,1-5H3/t14-,16?,17?/m1/s1. The first-order valence-corrected chi connectivity index (χ1v) is 9.08. The molecular formula is C20H30N2O4. The third-order valence-electron chi connectivity index (χ3n) is 4.53. The number of hydrogen-bond acceptors (Lipinski definition) is 5. The molecule has 0 spiro atoms. The maximum Gasteiger partial charge on any atom is 0.410 e. The van der Waals surface area contributed by atoms with Gasteiger partial charge in [-0.25, -0.2) is 4.79 Å². The van der Waals surface area contributed by atoms with Gasteiger partial charge in [-0.2, -0.15) is 0 Å². The van der Waals surface area contributed by atoms with E-state index in [4.69, 9.17) is 9.47 Å². The van der Waals surface area contributed by atoms with E-state index in [0.717, 1.165) is 5.56 Å². The second kappa shape index (κ2) is 8.54. The Labute approximate surface area is 155 Å². The molecule has 1 aromatic carbocycles. The molecule has 2 unspecified atom stereocenters.